The van der Waals surface area contributed by atoms with Crippen molar-refractivity contribution in [1.29, 1.82) is 0 Å². The zero-order valence-electron chi connectivity index (χ0n) is 22.9. The molecular formula is C26H40N6O5S. The van der Waals surface area contributed by atoms with E-state index in [-0.39, 0.29) is 29.3 Å². The molecule has 0 radical (unpaired) electrons. The van der Waals surface area contributed by atoms with Crippen LogP contribution in [0.15, 0.2) is 22.1 Å². The first kappa shape index (κ1) is 27.2. The molecule has 12 heteroatoms. The Kier molecular flexibility index (Phi) is 7.86. The zero-order chi connectivity index (χ0) is 27.0. The van der Waals surface area contributed by atoms with Crippen LogP contribution in [0.3, 0.4) is 0 Å². The summed E-state index contributed by atoms with van der Waals surface area (Å²) >= 11 is 0. The summed E-state index contributed by atoms with van der Waals surface area (Å²) in [5.74, 6) is 0.681. The molecule has 1 aliphatic carbocycles. The zero-order valence-corrected chi connectivity index (χ0v) is 23.7. The van der Waals surface area contributed by atoms with Crippen LogP contribution < -0.4 is 10.2 Å². The van der Waals surface area contributed by atoms with Gasteiger partial charge < -0.3 is 19.3 Å². The number of carbonyl (C=O) groups excluding carboxylic acids is 1. The molecule has 1 amide bonds. The van der Waals surface area contributed by atoms with Crippen molar-refractivity contribution in [2.24, 2.45) is 5.10 Å². The number of sulfonamides is 1. The lowest BCUT2D eigenvalue weighted by Gasteiger charge is -2.42. The van der Waals surface area contributed by atoms with Gasteiger partial charge in [-0.3, -0.25) is 15.1 Å². The Bertz CT molecular complexity index is 1150. The molecule has 11 nitrogen and oxygen atoms in total. The van der Waals surface area contributed by atoms with Gasteiger partial charge in [0.15, 0.2) is 0 Å². The van der Waals surface area contributed by atoms with E-state index in [9.17, 15) is 13.2 Å². The number of aryl methyl sites for hydroxylation is 2. The summed E-state index contributed by atoms with van der Waals surface area (Å²) < 4.78 is 40.1. The number of hydrogen-bond acceptors (Lipinski definition) is 9. The smallest absolute Gasteiger partial charge is 0.286 e. The summed E-state index contributed by atoms with van der Waals surface area (Å²) in [6.45, 7) is 8.80. The van der Waals surface area contributed by atoms with Gasteiger partial charge >= 0.3 is 0 Å². The molecule has 1 atom stereocenters. The maximum atomic E-state index is 13.8. The van der Waals surface area contributed by atoms with Crippen LogP contribution in [0.1, 0.15) is 36.8 Å². The Labute approximate surface area is 225 Å². The van der Waals surface area contributed by atoms with Gasteiger partial charge in [-0.2, -0.15) is 4.31 Å². The van der Waals surface area contributed by atoms with Gasteiger partial charge in [-0.15, -0.1) is 5.10 Å². The number of hydrogen-bond donors (Lipinski definition) is 1. The predicted octanol–water partition coefficient (Wildman–Crippen LogP) is 0.963. The van der Waals surface area contributed by atoms with Gasteiger partial charge in [-0.25, -0.2) is 8.42 Å². The van der Waals surface area contributed by atoms with Gasteiger partial charge in [0.2, 0.25) is 15.9 Å². The lowest BCUT2D eigenvalue weighted by Crippen LogP contribution is -2.56. The summed E-state index contributed by atoms with van der Waals surface area (Å²) in [7, 11) is -0.0758. The van der Waals surface area contributed by atoms with E-state index in [0.717, 1.165) is 39.0 Å². The Balaban J connectivity index is 1.19. The summed E-state index contributed by atoms with van der Waals surface area (Å²) in [5.41, 5.74) is 4.06. The van der Waals surface area contributed by atoms with Gasteiger partial charge in [-0.05, 0) is 82.9 Å². The molecule has 38 heavy (non-hydrogen) atoms. The van der Waals surface area contributed by atoms with Gasteiger partial charge in [0, 0.05) is 38.3 Å². The largest absolute Gasteiger partial charge is 0.497 e. The minimum Gasteiger partial charge on any atom is -0.497 e. The lowest BCUT2D eigenvalue weighted by atomic mass is 10.0. The van der Waals surface area contributed by atoms with Crippen LogP contribution in [-0.4, -0.2) is 118 Å². The molecule has 1 unspecified atom stereocenters. The van der Waals surface area contributed by atoms with E-state index in [2.05, 4.69) is 27.4 Å². The van der Waals surface area contributed by atoms with Crippen molar-refractivity contribution in [3.8, 4) is 5.75 Å². The highest BCUT2D eigenvalue weighted by Gasteiger charge is 2.42. The first-order valence-corrected chi connectivity index (χ1v) is 15.0. The van der Waals surface area contributed by atoms with Crippen molar-refractivity contribution in [2.75, 3.05) is 60.0 Å². The van der Waals surface area contributed by atoms with E-state index in [4.69, 9.17) is 9.47 Å². The Hall–Kier alpha value is -2.41. The molecule has 0 spiro atoms. The molecular weight excluding hydrogens is 508 g/mol. The molecule has 1 aromatic carbocycles. The molecule has 3 aliphatic heterocycles. The Morgan fingerprint density at radius 2 is 1.71 bits per heavy atom. The second kappa shape index (κ2) is 11.0. The molecule has 4 aliphatic rings. The second-order valence-corrected chi connectivity index (χ2v) is 12.7. The van der Waals surface area contributed by atoms with Gasteiger partial charge in [0.1, 0.15) is 5.75 Å². The van der Waals surface area contributed by atoms with Gasteiger partial charge in [0.05, 0.1) is 18.6 Å². The van der Waals surface area contributed by atoms with Crippen LogP contribution in [0.4, 0.5) is 0 Å². The van der Waals surface area contributed by atoms with E-state index < -0.39 is 16.3 Å². The molecule has 210 valence electrons. The number of nitrogens with one attached hydrogen (secondary N) is 1. The molecule has 2 saturated heterocycles. The molecule has 0 aromatic heterocycles. The third-order valence-electron chi connectivity index (χ3n) is 8.10. The number of benzene rings is 1. The van der Waals surface area contributed by atoms with Crippen LogP contribution in [0, 0.1) is 13.8 Å². The third-order valence-corrected chi connectivity index (χ3v) is 10.3. The molecule has 1 N–H and O–H groups in total. The summed E-state index contributed by atoms with van der Waals surface area (Å²) in [5, 5.41) is 4.21. The van der Waals surface area contributed by atoms with Crippen molar-refractivity contribution in [1.82, 2.24) is 24.4 Å². The number of methoxy groups -OCH3 is 1. The lowest BCUT2D eigenvalue weighted by molar-refractivity contribution is -0.142. The van der Waals surface area contributed by atoms with Crippen LogP contribution in [0.5, 0.6) is 5.75 Å². The number of rotatable bonds is 8. The molecule has 3 heterocycles. The van der Waals surface area contributed by atoms with Crippen LogP contribution in [0.2, 0.25) is 0 Å². The number of likely N-dealkylation sites (tertiary alicyclic amines) is 1. The molecule has 0 bridgehead atoms. The second-order valence-electron chi connectivity index (χ2n) is 10.9. The number of carbonyl (C=O) groups is 1. The predicted molar refractivity (Wildman–Crippen MR) is 143 cm³/mol. The Morgan fingerprint density at radius 3 is 2.29 bits per heavy atom. The number of amides is 1. The maximum Gasteiger partial charge on any atom is 0.286 e. The first-order chi connectivity index (χ1) is 18.2. The van der Waals surface area contributed by atoms with Crippen LogP contribution >= 0.6 is 0 Å². The van der Waals surface area contributed by atoms with E-state index in [1.165, 1.54) is 17.1 Å². The number of piperazine rings is 1. The van der Waals surface area contributed by atoms with Crippen LogP contribution in [-0.2, 0) is 19.6 Å². The minimum absolute atomic E-state index is 0.0153. The number of ether oxygens (including phenoxy) is 2. The standard InChI is InChI=1S/C26H40N6O5S/c1-18-15-22(36-4)16-19(2)24(18)38(34,35)32(21-5-6-21)17-23-27-28-25(37-23)26(33)31-13-11-30(12-14-31)20-7-9-29(3)10-8-20/h15-16,20-21,25,28H,5-14,17H2,1-4H3. The van der Waals surface area contributed by atoms with Crippen molar-refractivity contribution in [3.05, 3.63) is 23.3 Å². The molecule has 1 aromatic rings. The quantitative estimate of drug-likeness (QED) is 0.512. The fourth-order valence-electron chi connectivity index (χ4n) is 5.79. The van der Waals surface area contributed by atoms with Gasteiger partial charge in [-0.1, -0.05) is 0 Å². The summed E-state index contributed by atoms with van der Waals surface area (Å²) in [6, 6.07) is 3.95. The van der Waals surface area contributed by atoms with Crippen LogP contribution in [0.25, 0.3) is 0 Å². The van der Waals surface area contributed by atoms with E-state index >= 15 is 0 Å². The number of nitrogens with zero attached hydrogens (tertiary/aromatic N) is 5. The summed E-state index contributed by atoms with van der Waals surface area (Å²) in [6.07, 6.45) is 3.00. The molecule has 5 rings (SSSR count). The highest BCUT2D eigenvalue weighted by Crippen LogP contribution is 2.35. The monoisotopic (exact) mass is 548 g/mol. The highest BCUT2D eigenvalue weighted by molar-refractivity contribution is 7.89. The average molecular weight is 549 g/mol. The fourth-order valence-corrected chi connectivity index (χ4v) is 7.84. The molecule has 3 fully saturated rings. The number of piperidine rings is 1. The fraction of sp³-hybridized carbons (Fsp3) is 0.692. The topological polar surface area (TPSA) is 107 Å². The number of hydrazone groups is 1. The van der Waals surface area contributed by atoms with E-state index in [1.807, 2.05) is 4.90 Å². The maximum absolute atomic E-state index is 13.8. The highest BCUT2D eigenvalue weighted by atomic mass is 32.2. The van der Waals surface area contributed by atoms with Gasteiger partial charge in [0.25, 0.3) is 12.1 Å². The first-order valence-electron chi connectivity index (χ1n) is 13.5. The third kappa shape index (κ3) is 5.63. The minimum atomic E-state index is -3.80. The summed E-state index contributed by atoms with van der Waals surface area (Å²) in [4.78, 5) is 20.1. The van der Waals surface area contributed by atoms with Crippen molar-refractivity contribution >= 4 is 21.8 Å². The normalized spacial score (nSPS) is 23.8. The SMILES string of the molecule is COc1cc(C)c(S(=O)(=O)N(CC2=NNC(C(=O)N3CCN(C4CCN(C)CC4)CC3)O2)C2CC2)c(C)c1. The van der Waals surface area contributed by atoms with E-state index in [0.29, 0.717) is 36.0 Å². The Morgan fingerprint density at radius 1 is 1.08 bits per heavy atom. The van der Waals surface area contributed by atoms with Crippen molar-refractivity contribution in [3.63, 3.8) is 0 Å². The van der Waals surface area contributed by atoms with E-state index in [1.54, 1.807) is 33.1 Å². The average Bonchev–Trinajstić information content (AvgIpc) is 3.63. The molecule has 1 saturated carbocycles. The van der Waals surface area contributed by atoms with Crippen molar-refractivity contribution in [2.45, 2.75) is 62.7 Å². The van der Waals surface area contributed by atoms with Crippen molar-refractivity contribution < 1.29 is 22.7 Å².